The summed E-state index contributed by atoms with van der Waals surface area (Å²) in [5.74, 6) is 1.18. The lowest BCUT2D eigenvalue weighted by Crippen LogP contribution is -2.38. The van der Waals surface area contributed by atoms with Gasteiger partial charge in [-0.25, -0.2) is 8.42 Å². The lowest BCUT2D eigenvalue weighted by molar-refractivity contribution is 0.0923. The molecule has 3 atom stereocenters. The molecule has 0 spiro atoms. The van der Waals surface area contributed by atoms with Gasteiger partial charge in [-0.05, 0) is 61.4 Å². The van der Waals surface area contributed by atoms with Crippen LogP contribution in [0.2, 0.25) is 5.02 Å². The summed E-state index contributed by atoms with van der Waals surface area (Å²) in [6.45, 7) is 0. The van der Waals surface area contributed by atoms with Crippen molar-refractivity contribution in [1.82, 2.24) is 5.32 Å². The zero-order chi connectivity index (χ0) is 19.0. The maximum atomic E-state index is 12.5. The summed E-state index contributed by atoms with van der Waals surface area (Å²) in [6, 6.07) is 12.9. The van der Waals surface area contributed by atoms with Crippen molar-refractivity contribution in [3.63, 3.8) is 0 Å². The van der Waals surface area contributed by atoms with Gasteiger partial charge >= 0.3 is 0 Å². The fraction of sp³-hybridized carbons (Fsp3) is 0.350. The maximum Gasteiger partial charge on any atom is 0.261 e. The molecule has 2 aromatic rings. The zero-order valence-electron chi connectivity index (χ0n) is 14.7. The van der Waals surface area contributed by atoms with Crippen LogP contribution in [0.15, 0.2) is 53.4 Å². The van der Waals surface area contributed by atoms with Crippen LogP contribution in [0.25, 0.3) is 0 Å². The van der Waals surface area contributed by atoms with Crippen LogP contribution in [0, 0.1) is 11.8 Å². The summed E-state index contributed by atoms with van der Waals surface area (Å²) < 4.78 is 27.3. The average Bonchev–Trinajstić information content (AvgIpc) is 3.27. The molecule has 7 heteroatoms. The van der Waals surface area contributed by atoms with Crippen molar-refractivity contribution in [2.75, 3.05) is 4.72 Å². The van der Waals surface area contributed by atoms with Gasteiger partial charge in [-0.2, -0.15) is 0 Å². The average molecular weight is 405 g/mol. The van der Waals surface area contributed by atoms with E-state index in [1.54, 1.807) is 24.3 Å². The van der Waals surface area contributed by atoms with E-state index in [0.29, 0.717) is 11.5 Å². The first kappa shape index (κ1) is 18.3. The molecule has 2 aliphatic rings. The highest BCUT2D eigenvalue weighted by molar-refractivity contribution is 7.92. The number of halogens is 1. The number of rotatable bonds is 5. The highest BCUT2D eigenvalue weighted by Gasteiger charge is 2.40. The van der Waals surface area contributed by atoms with E-state index in [9.17, 15) is 13.2 Å². The molecule has 0 radical (unpaired) electrons. The first-order valence-electron chi connectivity index (χ1n) is 9.10. The number of hydrogen-bond donors (Lipinski definition) is 2. The number of carbonyl (C=O) groups is 1. The van der Waals surface area contributed by atoms with Crippen molar-refractivity contribution in [2.45, 2.75) is 36.6 Å². The number of fused-ring (bicyclic) bond motifs is 2. The van der Waals surface area contributed by atoms with E-state index >= 15 is 0 Å². The lowest BCUT2D eigenvalue weighted by Gasteiger charge is -2.23. The van der Waals surface area contributed by atoms with Gasteiger partial charge in [-0.15, -0.1) is 0 Å². The molecular weight excluding hydrogens is 384 g/mol. The van der Waals surface area contributed by atoms with E-state index < -0.39 is 10.0 Å². The monoisotopic (exact) mass is 404 g/mol. The Labute approximate surface area is 164 Å². The molecule has 2 fully saturated rings. The van der Waals surface area contributed by atoms with Crippen LogP contribution in [0.3, 0.4) is 0 Å². The van der Waals surface area contributed by atoms with E-state index in [0.717, 1.165) is 12.3 Å². The molecule has 0 aromatic heterocycles. The van der Waals surface area contributed by atoms with Crippen molar-refractivity contribution in [1.29, 1.82) is 0 Å². The van der Waals surface area contributed by atoms with Crippen LogP contribution in [0.4, 0.5) is 5.69 Å². The van der Waals surface area contributed by atoms with E-state index in [2.05, 4.69) is 10.0 Å². The topological polar surface area (TPSA) is 75.3 Å². The second-order valence-corrected chi connectivity index (χ2v) is 9.46. The highest BCUT2D eigenvalue weighted by atomic mass is 35.5. The first-order chi connectivity index (χ1) is 12.9. The van der Waals surface area contributed by atoms with Crippen molar-refractivity contribution in [3.05, 3.63) is 59.1 Å². The van der Waals surface area contributed by atoms with Gasteiger partial charge in [0.15, 0.2) is 0 Å². The van der Waals surface area contributed by atoms with Crippen molar-refractivity contribution >= 4 is 33.2 Å². The fourth-order valence-electron chi connectivity index (χ4n) is 4.22. The number of carbonyl (C=O) groups excluding carboxylic acids is 1. The van der Waals surface area contributed by atoms with Gasteiger partial charge in [0.25, 0.3) is 15.9 Å². The third-order valence-electron chi connectivity index (χ3n) is 5.58. The van der Waals surface area contributed by atoms with Crippen LogP contribution in [0.1, 0.15) is 36.0 Å². The zero-order valence-corrected chi connectivity index (χ0v) is 16.3. The molecule has 0 unspecified atom stereocenters. The van der Waals surface area contributed by atoms with Crippen LogP contribution in [-0.2, 0) is 10.0 Å². The van der Waals surface area contributed by atoms with Crippen molar-refractivity contribution < 1.29 is 13.2 Å². The van der Waals surface area contributed by atoms with Gasteiger partial charge in [0.2, 0.25) is 0 Å². The SMILES string of the molecule is O=C(N[C@@H]1C[C@H]2CC[C@H]1C2)c1ccc(NS(=O)(=O)c2ccccc2)c(Cl)c1. The molecule has 0 aliphatic heterocycles. The summed E-state index contributed by atoms with van der Waals surface area (Å²) in [5.41, 5.74) is 0.683. The predicted molar refractivity (Wildman–Crippen MR) is 105 cm³/mol. The minimum atomic E-state index is -3.73. The molecule has 27 heavy (non-hydrogen) atoms. The molecular formula is C20H21ClN2O3S. The Morgan fingerprint density at radius 3 is 2.44 bits per heavy atom. The lowest BCUT2D eigenvalue weighted by atomic mass is 9.95. The number of benzene rings is 2. The normalized spacial score (nSPS) is 24.0. The second-order valence-electron chi connectivity index (χ2n) is 7.37. The van der Waals surface area contributed by atoms with E-state index in [-0.39, 0.29) is 27.6 Å². The molecule has 2 aliphatic carbocycles. The summed E-state index contributed by atoms with van der Waals surface area (Å²) in [5, 5.41) is 3.30. The predicted octanol–water partition coefficient (Wildman–Crippen LogP) is 4.06. The molecule has 0 heterocycles. The quantitative estimate of drug-likeness (QED) is 0.789. The second kappa shape index (κ2) is 7.17. The molecule has 2 N–H and O–H groups in total. The van der Waals surface area contributed by atoms with Crippen molar-refractivity contribution in [3.8, 4) is 0 Å². The third-order valence-corrected chi connectivity index (χ3v) is 7.28. The number of sulfonamides is 1. The molecule has 4 rings (SSSR count). The molecule has 2 bridgehead atoms. The number of anilines is 1. The summed E-state index contributed by atoms with van der Waals surface area (Å²) in [7, 11) is -3.73. The van der Waals surface area contributed by atoms with Gasteiger partial charge < -0.3 is 5.32 Å². The minimum Gasteiger partial charge on any atom is -0.349 e. The number of amides is 1. The molecule has 2 saturated carbocycles. The summed E-state index contributed by atoms with van der Waals surface area (Å²) >= 11 is 6.24. The van der Waals surface area contributed by atoms with Gasteiger partial charge in [0, 0.05) is 11.6 Å². The van der Waals surface area contributed by atoms with Crippen LogP contribution in [-0.4, -0.2) is 20.4 Å². The van der Waals surface area contributed by atoms with Gasteiger partial charge in [0.1, 0.15) is 0 Å². The molecule has 2 aromatic carbocycles. The Balaban J connectivity index is 1.47. The molecule has 1 amide bonds. The Morgan fingerprint density at radius 1 is 1.04 bits per heavy atom. The Hall–Kier alpha value is -2.05. The van der Waals surface area contributed by atoms with E-state index in [4.69, 9.17) is 11.6 Å². The van der Waals surface area contributed by atoms with Crippen LogP contribution >= 0.6 is 11.6 Å². The molecule has 0 saturated heterocycles. The van der Waals surface area contributed by atoms with Crippen molar-refractivity contribution in [2.24, 2.45) is 11.8 Å². The Kier molecular flexibility index (Phi) is 4.86. The van der Waals surface area contributed by atoms with Crippen LogP contribution in [0.5, 0.6) is 0 Å². The third kappa shape index (κ3) is 3.82. The van der Waals surface area contributed by atoms with Gasteiger partial charge in [0.05, 0.1) is 15.6 Å². The van der Waals surface area contributed by atoms with Crippen LogP contribution < -0.4 is 10.0 Å². The molecule has 142 valence electrons. The highest BCUT2D eigenvalue weighted by Crippen LogP contribution is 2.44. The fourth-order valence-corrected chi connectivity index (χ4v) is 5.60. The van der Waals surface area contributed by atoms with Gasteiger partial charge in [-0.1, -0.05) is 36.2 Å². The summed E-state index contributed by atoms with van der Waals surface area (Å²) in [4.78, 5) is 12.7. The smallest absolute Gasteiger partial charge is 0.261 e. The largest absolute Gasteiger partial charge is 0.349 e. The Bertz CT molecular complexity index is 962. The standard InChI is InChI=1S/C20H21ClN2O3S/c21-17-12-15(20(24)22-19-11-13-6-7-14(19)10-13)8-9-18(17)23-27(25,26)16-4-2-1-3-5-16/h1-5,8-9,12-14,19,23H,6-7,10-11H2,(H,22,24)/t13-,14-,19+/m0/s1. The minimum absolute atomic E-state index is 0.152. The van der Waals surface area contributed by atoms with E-state index in [1.165, 1.54) is 43.5 Å². The van der Waals surface area contributed by atoms with Gasteiger partial charge in [-0.3, -0.25) is 9.52 Å². The maximum absolute atomic E-state index is 12.5. The van der Waals surface area contributed by atoms with E-state index in [1.807, 2.05) is 0 Å². The Morgan fingerprint density at radius 2 is 1.81 bits per heavy atom. The number of nitrogens with one attached hydrogen (secondary N) is 2. The summed E-state index contributed by atoms with van der Waals surface area (Å²) in [6.07, 6.45) is 4.74. The first-order valence-corrected chi connectivity index (χ1v) is 11.0. The molecule has 5 nitrogen and oxygen atoms in total. The number of hydrogen-bond acceptors (Lipinski definition) is 3.